The molecule has 0 bridgehead atoms. The van der Waals surface area contributed by atoms with Gasteiger partial charge in [-0.2, -0.15) is 0 Å². The van der Waals surface area contributed by atoms with E-state index in [0.717, 1.165) is 22.0 Å². The Hall–Kier alpha value is -3.69. The number of halogens is 1. The number of hydrogen-bond acceptors (Lipinski definition) is 7. The molecule has 3 heterocycles. The molecule has 7 nitrogen and oxygen atoms in total. The largest absolute Gasteiger partial charge is 0.497 e. The lowest BCUT2D eigenvalue weighted by Gasteiger charge is -2.26. The van der Waals surface area contributed by atoms with E-state index in [1.807, 2.05) is 67.6 Å². The van der Waals surface area contributed by atoms with Crippen LogP contribution in [-0.4, -0.2) is 24.3 Å². The molecule has 0 amide bonds. The van der Waals surface area contributed by atoms with E-state index in [-0.39, 0.29) is 12.2 Å². The van der Waals surface area contributed by atoms with Crippen LogP contribution in [0.3, 0.4) is 0 Å². The summed E-state index contributed by atoms with van der Waals surface area (Å²) in [5.41, 5.74) is 2.42. The number of thiazole rings is 1. The molecule has 1 unspecified atom stereocenters. The molecule has 0 fully saturated rings. The summed E-state index contributed by atoms with van der Waals surface area (Å²) in [4.78, 5) is 32.5. The Morgan fingerprint density at radius 3 is 2.67 bits per heavy atom. The fraction of sp³-hybridized carbons (Fsp3) is 0.233. The van der Waals surface area contributed by atoms with Gasteiger partial charge in [0.2, 0.25) is 0 Å². The number of furan rings is 1. The zero-order valence-electron chi connectivity index (χ0n) is 21.8. The average molecular weight is 608 g/mol. The Labute approximate surface area is 237 Å². The molecule has 1 aliphatic heterocycles. The third-order valence-electron chi connectivity index (χ3n) is 6.33. The van der Waals surface area contributed by atoms with Crippen LogP contribution in [-0.2, 0) is 9.53 Å². The highest BCUT2D eigenvalue weighted by atomic mass is 79.9. The third kappa shape index (κ3) is 5.42. The standard InChI is InChI=1S/C30H27BrN2O5S/c1-4-7-23-26(29(35)37-5-2)27(19-8-6-9-21(16-19)36-3)33-28(34)25(39-30(33)32-23)17-22-14-15-24(38-22)18-10-12-20(31)13-11-18/h6,8-17,27H,4-5,7H2,1-3H3/b25-17-. The molecule has 0 saturated carbocycles. The van der Waals surface area contributed by atoms with E-state index < -0.39 is 12.0 Å². The van der Waals surface area contributed by atoms with Gasteiger partial charge in [0, 0.05) is 16.1 Å². The molecule has 1 atom stereocenters. The first kappa shape index (κ1) is 26.9. The number of carbonyl (C=O) groups excluding carboxylic acids is 1. The summed E-state index contributed by atoms with van der Waals surface area (Å²) in [6, 6.07) is 18.2. The van der Waals surface area contributed by atoms with Crippen molar-refractivity contribution >= 4 is 39.3 Å². The van der Waals surface area contributed by atoms with Crippen molar-refractivity contribution in [1.82, 2.24) is 4.57 Å². The second-order valence-corrected chi connectivity index (χ2v) is 10.8. The highest BCUT2D eigenvalue weighted by Gasteiger charge is 2.34. The Morgan fingerprint density at radius 1 is 1.15 bits per heavy atom. The second-order valence-electron chi connectivity index (χ2n) is 8.90. The molecule has 0 saturated heterocycles. The van der Waals surface area contributed by atoms with Crippen molar-refractivity contribution < 1.29 is 18.7 Å². The molecule has 4 aromatic rings. The summed E-state index contributed by atoms with van der Waals surface area (Å²) in [6.45, 7) is 4.01. The van der Waals surface area contributed by atoms with Crippen LogP contribution < -0.4 is 19.6 Å². The van der Waals surface area contributed by atoms with Gasteiger partial charge in [-0.3, -0.25) is 9.36 Å². The van der Waals surface area contributed by atoms with Gasteiger partial charge in [-0.1, -0.05) is 64.9 Å². The maximum absolute atomic E-state index is 13.9. The van der Waals surface area contributed by atoms with Crippen molar-refractivity contribution in [3.63, 3.8) is 0 Å². The Balaban J connectivity index is 1.67. The number of nitrogens with zero attached hydrogens (tertiary/aromatic N) is 2. The molecule has 0 aliphatic carbocycles. The van der Waals surface area contributed by atoms with Gasteiger partial charge in [-0.25, -0.2) is 9.79 Å². The van der Waals surface area contributed by atoms with Crippen LogP contribution in [0.1, 0.15) is 44.1 Å². The predicted molar refractivity (Wildman–Crippen MR) is 154 cm³/mol. The van der Waals surface area contributed by atoms with Gasteiger partial charge < -0.3 is 13.9 Å². The highest BCUT2D eigenvalue weighted by Crippen LogP contribution is 2.34. The lowest BCUT2D eigenvalue weighted by molar-refractivity contribution is -0.139. The van der Waals surface area contributed by atoms with Crippen LogP contribution in [0.5, 0.6) is 5.75 Å². The lowest BCUT2D eigenvalue weighted by atomic mass is 9.94. The van der Waals surface area contributed by atoms with Crippen LogP contribution in [0.4, 0.5) is 0 Å². The maximum Gasteiger partial charge on any atom is 0.338 e. The summed E-state index contributed by atoms with van der Waals surface area (Å²) in [5, 5.41) is 0. The molecule has 0 spiro atoms. The van der Waals surface area contributed by atoms with Crippen LogP contribution in [0, 0.1) is 0 Å². The van der Waals surface area contributed by atoms with E-state index in [9.17, 15) is 9.59 Å². The molecule has 0 N–H and O–H groups in total. The van der Waals surface area contributed by atoms with E-state index in [1.54, 1.807) is 24.7 Å². The molecule has 2 aromatic heterocycles. The molecule has 200 valence electrons. The SMILES string of the molecule is CCCC1=C(C(=O)OCC)C(c2cccc(OC)c2)n2c(s/c(=C\c3ccc(-c4ccc(Br)cc4)o3)c2=O)=N1. The monoisotopic (exact) mass is 606 g/mol. The Kier molecular flexibility index (Phi) is 7.99. The molecular formula is C30H27BrN2O5S. The van der Waals surface area contributed by atoms with Crippen LogP contribution in [0.15, 0.2) is 90.6 Å². The van der Waals surface area contributed by atoms with Crippen molar-refractivity contribution in [3.8, 4) is 17.1 Å². The molecule has 0 radical (unpaired) electrons. The van der Waals surface area contributed by atoms with Gasteiger partial charge in [0.15, 0.2) is 4.80 Å². The number of hydrogen-bond donors (Lipinski definition) is 0. The van der Waals surface area contributed by atoms with Gasteiger partial charge in [0.05, 0.1) is 35.6 Å². The van der Waals surface area contributed by atoms with Gasteiger partial charge >= 0.3 is 5.97 Å². The summed E-state index contributed by atoms with van der Waals surface area (Å²) in [5.74, 6) is 1.40. The average Bonchev–Trinajstić information content (AvgIpc) is 3.53. The molecule has 39 heavy (non-hydrogen) atoms. The van der Waals surface area contributed by atoms with E-state index in [2.05, 4.69) is 15.9 Å². The fourth-order valence-corrected chi connectivity index (χ4v) is 5.84. The van der Waals surface area contributed by atoms with Gasteiger partial charge in [-0.15, -0.1) is 0 Å². The first-order valence-corrected chi connectivity index (χ1v) is 14.3. The molecule has 9 heteroatoms. The Morgan fingerprint density at radius 2 is 1.95 bits per heavy atom. The molecule has 5 rings (SSSR count). The number of esters is 1. The van der Waals surface area contributed by atoms with Crippen molar-refractivity contribution in [2.75, 3.05) is 13.7 Å². The summed E-state index contributed by atoms with van der Waals surface area (Å²) < 4.78 is 20.0. The topological polar surface area (TPSA) is 83.0 Å². The third-order valence-corrected chi connectivity index (χ3v) is 7.84. The molecule has 1 aliphatic rings. The van der Waals surface area contributed by atoms with Crippen LogP contribution >= 0.6 is 27.3 Å². The number of aromatic nitrogens is 1. The zero-order chi connectivity index (χ0) is 27.5. The second kappa shape index (κ2) is 11.6. The smallest absolute Gasteiger partial charge is 0.338 e. The van der Waals surface area contributed by atoms with E-state index in [1.165, 1.54) is 11.3 Å². The van der Waals surface area contributed by atoms with E-state index in [0.29, 0.717) is 44.3 Å². The fourth-order valence-electron chi connectivity index (χ4n) is 4.58. The van der Waals surface area contributed by atoms with Gasteiger partial charge in [0.25, 0.3) is 5.56 Å². The van der Waals surface area contributed by atoms with Gasteiger partial charge in [-0.05, 0) is 55.3 Å². The zero-order valence-corrected chi connectivity index (χ0v) is 24.2. The molecular weight excluding hydrogens is 580 g/mol. The van der Waals surface area contributed by atoms with Crippen molar-refractivity contribution in [1.29, 1.82) is 0 Å². The number of allylic oxidation sites excluding steroid dienone is 1. The number of methoxy groups -OCH3 is 1. The van der Waals surface area contributed by atoms with Crippen molar-refractivity contribution in [2.45, 2.75) is 32.7 Å². The number of benzene rings is 2. The number of fused-ring (bicyclic) bond motifs is 1. The quantitative estimate of drug-likeness (QED) is 0.243. The van der Waals surface area contributed by atoms with Crippen molar-refractivity contribution in [2.24, 2.45) is 4.99 Å². The lowest BCUT2D eigenvalue weighted by Crippen LogP contribution is -2.40. The number of carbonyl (C=O) groups is 1. The van der Waals surface area contributed by atoms with E-state index in [4.69, 9.17) is 18.9 Å². The number of ether oxygens (including phenoxy) is 2. The Bertz CT molecular complexity index is 1730. The van der Waals surface area contributed by atoms with Crippen molar-refractivity contribution in [3.05, 3.63) is 107 Å². The normalized spacial score (nSPS) is 15.2. The minimum Gasteiger partial charge on any atom is -0.497 e. The highest BCUT2D eigenvalue weighted by molar-refractivity contribution is 9.10. The summed E-state index contributed by atoms with van der Waals surface area (Å²) in [7, 11) is 1.58. The van der Waals surface area contributed by atoms with Crippen LogP contribution in [0.2, 0.25) is 0 Å². The maximum atomic E-state index is 13.9. The minimum atomic E-state index is -0.700. The predicted octanol–water partition coefficient (Wildman–Crippen LogP) is 5.61. The van der Waals surface area contributed by atoms with Crippen LogP contribution in [0.25, 0.3) is 17.4 Å². The van der Waals surface area contributed by atoms with Gasteiger partial charge in [0.1, 0.15) is 17.3 Å². The summed E-state index contributed by atoms with van der Waals surface area (Å²) in [6.07, 6.45) is 3.09. The first-order chi connectivity index (χ1) is 18.9. The first-order valence-electron chi connectivity index (χ1n) is 12.6. The molecule has 2 aromatic carbocycles. The summed E-state index contributed by atoms with van der Waals surface area (Å²) >= 11 is 4.72. The minimum absolute atomic E-state index is 0.218. The van der Waals surface area contributed by atoms with E-state index >= 15 is 0 Å². The number of rotatable bonds is 8.